The minimum Gasteiger partial charge on any atom is -0.346 e. The van der Waals surface area contributed by atoms with Gasteiger partial charge in [-0.05, 0) is 31.2 Å². The van der Waals surface area contributed by atoms with E-state index < -0.39 is 28.4 Å². The maximum atomic E-state index is 12.4. The second-order valence-electron chi connectivity index (χ2n) is 7.85. The van der Waals surface area contributed by atoms with Crippen LogP contribution in [0.15, 0.2) is 24.8 Å². The molecule has 0 saturated heterocycles. The molecule has 1 atom stereocenters. The van der Waals surface area contributed by atoms with E-state index in [1.165, 1.54) is 0 Å². The highest BCUT2D eigenvalue weighted by Crippen LogP contribution is 2.58. The van der Waals surface area contributed by atoms with Gasteiger partial charge in [-0.15, -0.1) is 0 Å². The summed E-state index contributed by atoms with van der Waals surface area (Å²) in [6.45, 7) is 0. The molecule has 3 saturated carbocycles. The summed E-state index contributed by atoms with van der Waals surface area (Å²) in [4.78, 5) is 11.9. The van der Waals surface area contributed by atoms with Gasteiger partial charge in [0.15, 0.2) is 0 Å². The minimum atomic E-state index is -4.49. The number of nitrogens with zero attached hydrogens (tertiary/aromatic N) is 3. The van der Waals surface area contributed by atoms with Crippen LogP contribution in [0, 0.1) is 5.92 Å². The third kappa shape index (κ3) is 2.79. The van der Waals surface area contributed by atoms with Gasteiger partial charge in [-0.1, -0.05) is 0 Å². The van der Waals surface area contributed by atoms with Crippen LogP contribution in [0.25, 0.3) is 22.1 Å². The van der Waals surface area contributed by atoms with E-state index in [1.807, 2.05) is 12.3 Å². The standard InChI is InChI=1S/C17H18F3N5O2S/c18-17(19,20)2-4-28(26,27)24-12-7-16(5-10(12)6-16)25-9-23-13-8-22-15-11(14(13)25)1-3-21-15/h1,3,8-10,12,24H,2,4-7H2,(H,21,22). The normalized spacial score (nSPS) is 27.5. The van der Waals surface area contributed by atoms with Crippen LogP contribution in [-0.2, 0) is 15.6 Å². The summed E-state index contributed by atoms with van der Waals surface area (Å²) in [6.07, 6.45) is 1.54. The highest BCUT2D eigenvalue weighted by Gasteiger charge is 2.58. The van der Waals surface area contributed by atoms with Gasteiger partial charge < -0.3 is 9.55 Å². The average molecular weight is 413 g/mol. The van der Waals surface area contributed by atoms with Crippen LogP contribution < -0.4 is 4.72 Å². The zero-order chi connectivity index (χ0) is 19.7. The van der Waals surface area contributed by atoms with Crippen molar-refractivity contribution in [2.75, 3.05) is 5.75 Å². The Balaban J connectivity index is 1.40. The highest BCUT2D eigenvalue weighted by molar-refractivity contribution is 7.89. The number of imidazole rings is 1. The fraction of sp³-hybridized carbons (Fsp3) is 0.529. The molecule has 150 valence electrons. The molecule has 3 aromatic rings. The third-order valence-corrected chi connectivity index (χ3v) is 7.44. The van der Waals surface area contributed by atoms with Crippen molar-refractivity contribution in [3.8, 4) is 0 Å². The van der Waals surface area contributed by atoms with Gasteiger partial charge in [0.25, 0.3) is 0 Å². The lowest BCUT2D eigenvalue weighted by Crippen LogP contribution is -2.40. The number of rotatable bonds is 5. The second kappa shape index (κ2) is 5.69. The molecule has 3 aromatic heterocycles. The molecule has 2 bridgehead atoms. The average Bonchev–Trinajstić information content (AvgIpc) is 3.30. The molecule has 7 nitrogen and oxygen atoms in total. The van der Waals surface area contributed by atoms with Gasteiger partial charge in [0.1, 0.15) is 11.2 Å². The maximum Gasteiger partial charge on any atom is 0.390 e. The van der Waals surface area contributed by atoms with Crippen LogP contribution in [0.2, 0.25) is 0 Å². The van der Waals surface area contributed by atoms with Crippen molar-refractivity contribution in [2.45, 2.75) is 43.4 Å². The van der Waals surface area contributed by atoms with E-state index in [1.54, 1.807) is 12.5 Å². The summed E-state index contributed by atoms with van der Waals surface area (Å²) in [5.41, 5.74) is 2.20. The predicted molar refractivity (Wildman–Crippen MR) is 96.1 cm³/mol. The van der Waals surface area contributed by atoms with Gasteiger partial charge in [0, 0.05) is 23.2 Å². The molecule has 0 spiro atoms. The van der Waals surface area contributed by atoms with Crippen LogP contribution in [0.3, 0.4) is 0 Å². The predicted octanol–water partition coefficient (Wildman–Crippen LogP) is 2.66. The van der Waals surface area contributed by atoms with Gasteiger partial charge in [0.2, 0.25) is 10.0 Å². The summed E-state index contributed by atoms with van der Waals surface area (Å²) in [6, 6.07) is 1.58. The van der Waals surface area contributed by atoms with Crippen LogP contribution >= 0.6 is 0 Å². The lowest BCUT2D eigenvalue weighted by molar-refractivity contribution is -0.130. The monoisotopic (exact) mass is 413 g/mol. The van der Waals surface area contributed by atoms with E-state index in [9.17, 15) is 21.6 Å². The quantitative estimate of drug-likeness (QED) is 0.673. The maximum absolute atomic E-state index is 12.4. The largest absolute Gasteiger partial charge is 0.390 e. The van der Waals surface area contributed by atoms with Crippen LogP contribution in [0.4, 0.5) is 13.2 Å². The van der Waals surface area contributed by atoms with Crippen LogP contribution in [0.1, 0.15) is 25.7 Å². The van der Waals surface area contributed by atoms with Crippen molar-refractivity contribution in [2.24, 2.45) is 5.92 Å². The first-order valence-electron chi connectivity index (χ1n) is 9.02. The fourth-order valence-electron chi connectivity index (χ4n) is 4.78. The van der Waals surface area contributed by atoms with E-state index in [-0.39, 0.29) is 17.5 Å². The molecule has 3 aliphatic rings. The number of fused-ring (bicyclic) bond motifs is 4. The molecule has 2 N–H and O–H groups in total. The van der Waals surface area contributed by atoms with Gasteiger partial charge in [-0.2, -0.15) is 13.2 Å². The zero-order valence-corrected chi connectivity index (χ0v) is 15.5. The molecule has 0 aliphatic heterocycles. The summed E-state index contributed by atoms with van der Waals surface area (Å²) in [5.74, 6) is -0.808. The summed E-state index contributed by atoms with van der Waals surface area (Å²) in [5, 5.41) is 0.946. The molecule has 3 fully saturated rings. The lowest BCUT2D eigenvalue weighted by atomic mass is 9.76. The van der Waals surface area contributed by atoms with E-state index in [4.69, 9.17) is 0 Å². The Morgan fingerprint density at radius 1 is 1.29 bits per heavy atom. The summed E-state index contributed by atoms with van der Waals surface area (Å²) >= 11 is 0. The molecule has 0 radical (unpaired) electrons. The van der Waals surface area contributed by atoms with Gasteiger partial charge in [0.05, 0.1) is 30.2 Å². The SMILES string of the molecule is O=S(=O)(CCC(F)(F)F)NC1CC2(n3cnc4cnc5[nH]ccc5c43)CC1C2. The first-order chi connectivity index (χ1) is 13.2. The zero-order valence-electron chi connectivity index (χ0n) is 14.7. The number of hydrogen-bond acceptors (Lipinski definition) is 4. The Bertz CT molecular complexity index is 1160. The van der Waals surface area contributed by atoms with Gasteiger partial charge in [-0.25, -0.2) is 23.1 Å². The number of aromatic amines is 1. The molecular weight excluding hydrogens is 395 g/mol. The number of alkyl halides is 3. The van der Waals surface area contributed by atoms with Crippen LogP contribution in [0.5, 0.6) is 0 Å². The van der Waals surface area contributed by atoms with Crippen molar-refractivity contribution in [1.82, 2.24) is 24.2 Å². The van der Waals surface area contributed by atoms with Crippen molar-refractivity contribution in [3.05, 3.63) is 24.8 Å². The van der Waals surface area contributed by atoms with Gasteiger partial charge >= 0.3 is 6.18 Å². The highest BCUT2D eigenvalue weighted by atomic mass is 32.2. The number of hydrogen-bond donors (Lipinski definition) is 2. The molecule has 3 heterocycles. The molecule has 0 aromatic carbocycles. The van der Waals surface area contributed by atoms with Crippen molar-refractivity contribution in [1.29, 1.82) is 0 Å². The molecule has 0 amide bonds. The van der Waals surface area contributed by atoms with E-state index in [2.05, 4.69) is 24.2 Å². The van der Waals surface area contributed by atoms with Crippen molar-refractivity contribution < 1.29 is 21.6 Å². The number of aromatic nitrogens is 4. The Morgan fingerprint density at radius 2 is 2.07 bits per heavy atom. The Kier molecular flexibility index (Phi) is 3.64. The fourth-order valence-corrected chi connectivity index (χ4v) is 6.14. The Hall–Kier alpha value is -2.14. The molecule has 28 heavy (non-hydrogen) atoms. The number of nitrogens with one attached hydrogen (secondary N) is 2. The summed E-state index contributed by atoms with van der Waals surface area (Å²) < 4.78 is 65.9. The number of pyridine rings is 1. The molecule has 1 unspecified atom stereocenters. The first kappa shape index (κ1) is 17.9. The number of H-pyrrole nitrogens is 1. The topological polar surface area (TPSA) is 92.7 Å². The molecule has 11 heteroatoms. The smallest absolute Gasteiger partial charge is 0.346 e. The van der Waals surface area contributed by atoms with Crippen molar-refractivity contribution in [3.63, 3.8) is 0 Å². The lowest BCUT2D eigenvalue weighted by Gasteiger charge is -2.40. The third-order valence-electron chi connectivity index (χ3n) is 6.04. The van der Waals surface area contributed by atoms with Crippen molar-refractivity contribution >= 4 is 32.1 Å². The number of halogens is 3. The summed E-state index contributed by atoms with van der Waals surface area (Å²) in [7, 11) is -3.98. The number of sulfonamides is 1. The minimum absolute atomic E-state index is 0.127. The Morgan fingerprint density at radius 3 is 2.82 bits per heavy atom. The molecular formula is C17H18F3N5O2S. The van der Waals surface area contributed by atoms with E-state index in [0.717, 1.165) is 34.9 Å². The van der Waals surface area contributed by atoms with E-state index >= 15 is 0 Å². The van der Waals surface area contributed by atoms with E-state index in [0.29, 0.717) is 6.42 Å². The first-order valence-corrected chi connectivity index (χ1v) is 10.7. The molecule has 6 rings (SSSR count). The van der Waals surface area contributed by atoms with Gasteiger partial charge in [-0.3, -0.25) is 0 Å². The second-order valence-corrected chi connectivity index (χ2v) is 9.73. The molecule has 3 aliphatic carbocycles. The Labute approximate surface area is 158 Å². The van der Waals surface area contributed by atoms with Crippen LogP contribution in [-0.4, -0.2) is 45.9 Å².